The molecule has 3 N–H and O–H groups in total. The monoisotopic (exact) mass is 832 g/mol. The molecule has 15 heteroatoms. The quantitative estimate of drug-likeness (QED) is 0.103. The van der Waals surface area contributed by atoms with Crippen LogP contribution in [0.5, 0.6) is 11.5 Å². The van der Waals surface area contributed by atoms with Gasteiger partial charge in [-0.25, -0.2) is 23.4 Å². The van der Waals surface area contributed by atoms with Crippen molar-refractivity contribution in [1.29, 1.82) is 0 Å². The minimum Gasteiger partial charge on any atom is -0.496 e. The van der Waals surface area contributed by atoms with Crippen LogP contribution in [0, 0.1) is 12.3 Å². The van der Waals surface area contributed by atoms with E-state index in [2.05, 4.69) is 37.1 Å². The van der Waals surface area contributed by atoms with Gasteiger partial charge in [0.15, 0.2) is 11.6 Å². The van der Waals surface area contributed by atoms with Crippen molar-refractivity contribution in [1.82, 2.24) is 34.5 Å². The van der Waals surface area contributed by atoms with Crippen LogP contribution in [0.3, 0.4) is 0 Å². The molecule has 3 saturated carbocycles. The third-order valence-corrected chi connectivity index (χ3v) is 13.7. The number of ether oxygens (including phenoxy) is 2. The number of aliphatic hydroxyl groups excluding tert-OH is 1. The third kappa shape index (κ3) is 7.31. The smallest absolute Gasteiger partial charge is 0.309 e. The number of aliphatic carboxylic acids is 1. The van der Waals surface area contributed by atoms with E-state index in [0.29, 0.717) is 73.5 Å². The Morgan fingerprint density at radius 1 is 0.984 bits per heavy atom. The molecule has 0 spiro atoms. The number of hydrogen-bond acceptors (Lipinski definition) is 11. The first-order valence-corrected chi connectivity index (χ1v) is 20.8. The molecule has 0 amide bonds. The number of hydrogen-bond donors (Lipinski definition) is 3. The molecule has 1 aliphatic heterocycles. The summed E-state index contributed by atoms with van der Waals surface area (Å²) in [5.41, 5.74) is 6.81. The number of nitrogens with zero attached hydrogens (tertiary/aromatic N) is 7. The average molecular weight is 833 g/mol. The van der Waals surface area contributed by atoms with Crippen LogP contribution >= 0.6 is 0 Å². The van der Waals surface area contributed by atoms with Crippen LogP contribution in [0.15, 0.2) is 67.0 Å². The van der Waals surface area contributed by atoms with Crippen molar-refractivity contribution < 1.29 is 33.3 Å². The van der Waals surface area contributed by atoms with Crippen molar-refractivity contribution >= 4 is 39.4 Å². The zero-order valence-corrected chi connectivity index (χ0v) is 34.8. The fourth-order valence-electron chi connectivity index (χ4n) is 9.96. The number of fused-ring (bicyclic) bond motifs is 5. The van der Waals surface area contributed by atoms with Crippen molar-refractivity contribution in [3.05, 3.63) is 89.5 Å². The number of methoxy groups -OCH3 is 2. The highest BCUT2D eigenvalue weighted by atomic mass is 19.3. The maximum absolute atomic E-state index is 14.2. The van der Waals surface area contributed by atoms with Gasteiger partial charge in [0.2, 0.25) is 0 Å². The number of carboxylic acid groups (broad SMARTS) is 1. The molecule has 0 radical (unpaired) electrons. The van der Waals surface area contributed by atoms with Crippen LogP contribution in [0.1, 0.15) is 73.9 Å². The molecule has 1 atom stereocenters. The van der Waals surface area contributed by atoms with Gasteiger partial charge < -0.3 is 25.0 Å². The highest BCUT2D eigenvalue weighted by Crippen LogP contribution is 2.55. The Labute approximate surface area is 352 Å². The van der Waals surface area contributed by atoms with Gasteiger partial charge in [-0.05, 0) is 99.4 Å². The predicted molar refractivity (Wildman–Crippen MR) is 228 cm³/mol. The molecule has 3 aromatic carbocycles. The van der Waals surface area contributed by atoms with Crippen LogP contribution in [0.25, 0.3) is 38.8 Å². The van der Waals surface area contributed by atoms with Crippen molar-refractivity contribution in [3.8, 4) is 28.3 Å². The molecule has 4 heterocycles. The molecular formula is C46H50F2N8O5. The maximum Gasteiger partial charge on any atom is 0.309 e. The number of carbonyl (C=O) groups is 1. The SMILES string of the molecule is COc1cc(-n2ncc3c(-c4cccc(Nc5nc(C(F)F)nc6cc(CN7CC[C@@H](O)C7)cnc56)c4C)cccc32)cc(OC)c1CN(C)C12CCC(C(=O)O)(CC1)CC2. The fraction of sp³-hybridized carbons (Fsp3) is 0.413. The lowest BCUT2D eigenvalue weighted by atomic mass is 9.57. The lowest BCUT2D eigenvalue weighted by Crippen LogP contribution is -2.56. The van der Waals surface area contributed by atoms with E-state index in [1.54, 1.807) is 26.5 Å². The van der Waals surface area contributed by atoms with Gasteiger partial charge in [-0.15, -0.1) is 0 Å². The summed E-state index contributed by atoms with van der Waals surface area (Å²) in [6, 6.07) is 17.6. The first kappa shape index (κ1) is 40.6. The van der Waals surface area contributed by atoms with Gasteiger partial charge in [0.25, 0.3) is 6.43 Å². The van der Waals surface area contributed by atoms with Crippen LogP contribution in [0.4, 0.5) is 20.3 Å². The summed E-state index contributed by atoms with van der Waals surface area (Å²) in [6.45, 7) is 4.39. The Bertz CT molecular complexity index is 2600. The summed E-state index contributed by atoms with van der Waals surface area (Å²) in [5.74, 6) is 0.275. The lowest BCUT2D eigenvalue weighted by molar-refractivity contribution is -0.160. The number of benzene rings is 3. The second-order valence-electron chi connectivity index (χ2n) is 17.0. The van der Waals surface area contributed by atoms with Gasteiger partial charge in [-0.2, -0.15) is 5.10 Å². The van der Waals surface area contributed by atoms with Gasteiger partial charge in [-0.3, -0.25) is 19.6 Å². The molecule has 1 saturated heterocycles. The number of halogens is 2. The number of aromatic nitrogens is 5. The number of likely N-dealkylation sites (tertiary alicyclic amines) is 1. The number of anilines is 2. The first-order chi connectivity index (χ1) is 29.4. The second kappa shape index (κ2) is 15.9. The maximum atomic E-state index is 14.2. The molecule has 0 unspecified atom stereocenters. The molecule has 3 aliphatic carbocycles. The Morgan fingerprint density at radius 2 is 1.69 bits per heavy atom. The van der Waals surface area contributed by atoms with Gasteiger partial charge in [0.1, 0.15) is 17.0 Å². The lowest BCUT2D eigenvalue weighted by Gasteiger charge is -2.55. The number of aliphatic hydroxyl groups is 1. The summed E-state index contributed by atoms with van der Waals surface area (Å²) in [7, 11) is 5.42. The van der Waals surface area contributed by atoms with E-state index in [1.165, 1.54) is 0 Å². The largest absolute Gasteiger partial charge is 0.496 e. The summed E-state index contributed by atoms with van der Waals surface area (Å²) in [4.78, 5) is 29.6. The second-order valence-corrected chi connectivity index (χ2v) is 17.0. The van der Waals surface area contributed by atoms with E-state index < -0.39 is 23.6 Å². The first-order valence-electron chi connectivity index (χ1n) is 20.8. The minimum atomic E-state index is -2.88. The molecule has 61 heavy (non-hydrogen) atoms. The normalized spacial score (nSPS) is 21.6. The molecule has 4 fully saturated rings. The van der Waals surface area contributed by atoms with Crippen LogP contribution < -0.4 is 14.8 Å². The molecular weight excluding hydrogens is 783 g/mol. The summed E-state index contributed by atoms with van der Waals surface area (Å²) >= 11 is 0. The molecule has 4 aliphatic rings. The standard InChI is InChI=1S/C46H50F2N8O5/c1-27-31(7-5-9-35(27)51-42-40-36(52-43(53-42)41(47)48)19-28(22-49-40)24-55-18-11-30(57)25-55)32-8-6-10-37-33(32)23-50-56(37)29-20-38(60-3)34(39(21-29)61-4)26-54(2)46-15-12-45(13-16-46,14-17-46)44(58)59/h5-10,19-23,30,41,57H,11-18,24-26H2,1-4H3,(H,58,59)(H,51,52,53)/t30-,45?,46?/m1/s1. The minimum absolute atomic E-state index is 0.0662. The van der Waals surface area contributed by atoms with E-state index in [9.17, 15) is 23.8 Å². The van der Waals surface area contributed by atoms with E-state index in [0.717, 1.165) is 70.2 Å². The highest BCUT2D eigenvalue weighted by Gasteiger charge is 2.54. The molecule has 13 nitrogen and oxygen atoms in total. The van der Waals surface area contributed by atoms with Crippen LogP contribution in [0.2, 0.25) is 0 Å². The Balaban J connectivity index is 1.01. The van der Waals surface area contributed by atoms with Crippen LogP contribution in [-0.4, -0.2) is 96.7 Å². The predicted octanol–water partition coefficient (Wildman–Crippen LogP) is 8.21. The summed E-state index contributed by atoms with van der Waals surface area (Å²) in [6.07, 6.45) is 5.62. The molecule has 318 valence electrons. The van der Waals surface area contributed by atoms with Crippen LogP contribution in [-0.2, 0) is 17.9 Å². The number of alkyl halides is 2. The third-order valence-electron chi connectivity index (χ3n) is 13.7. The molecule has 2 bridgehead atoms. The molecule has 6 aromatic rings. The van der Waals surface area contributed by atoms with E-state index in [1.807, 2.05) is 66.3 Å². The van der Waals surface area contributed by atoms with Gasteiger partial charge in [0.05, 0.1) is 54.2 Å². The van der Waals surface area contributed by atoms with Crippen molar-refractivity contribution in [2.75, 3.05) is 39.7 Å². The summed E-state index contributed by atoms with van der Waals surface area (Å²) < 4.78 is 42.2. The van der Waals surface area contributed by atoms with Crippen molar-refractivity contribution in [2.24, 2.45) is 5.41 Å². The number of β-amino-alcohol motifs (C(OH)–C–C–N with tert-alkyl or cyclic N) is 1. The topological polar surface area (TPSA) is 151 Å². The van der Waals surface area contributed by atoms with E-state index in [-0.39, 0.29) is 17.5 Å². The van der Waals surface area contributed by atoms with E-state index >= 15 is 0 Å². The molecule has 3 aromatic heterocycles. The van der Waals surface area contributed by atoms with E-state index in [4.69, 9.17) is 14.6 Å². The number of pyridine rings is 1. The fourth-order valence-corrected chi connectivity index (χ4v) is 9.96. The number of carboxylic acids is 1. The Hall–Kier alpha value is -5.77. The highest BCUT2D eigenvalue weighted by molar-refractivity contribution is 5.97. The zero-order chi connectivity index (χ0) is 42.6. The van der Waals surface area contributed by atoms with Crippen molar-refractivity contribution in [2.45, 2.75) is 83.0 Å². The Kier molecular flexibility index (Phi) is 10.6. The van der Waals surface area contributed by atoms with Gasteiger partial charge >= 0.3 is 5.97 Å². The van der Waals surface area contributed by atoms with Gasteiger partial charge in [0, 0.05) is 61.1 Å². The van der Waals surface area contributed by atoms with Gasteiger partial charge in [-0.1, -0.05) is 24.3 Å². The molecule has 10 rings (SSSR count). The number of nitrogens with one attached hydrogen (secondary N) is 1. The van der Waals surface area contributed by atoms with Crippen molar-refractivity contribution in [3.63, 3.8) is 0 Å². The summed E-state index contributed by atoms with van der Waals surface area (Å²) in [5, 5.41) is 29.0. The number of rotatable bonds is 13. The Morgan fingerprint density at radius 3 is 2.34 bits per heavy atom. The zero-order valence-electron chi connectivity index (χ0n) is 34.8. The average Bonchev–Trinajstić information content (AvgIpc) is 3.90.